The van der Waals surface area contributed by atoms with E-state index in [0.29, 0.717) is 33.4 Å². The number of thioether (sulfide) groups is 1. The smallest absolute Gasteiger partial charge is 0.267 e. The zero-order valence-corrected chi connectivity index (χ0v) is 18.5. The van der Waals surface area contributed by atoms with Crippen molar-refractivity contribution in [1.82, 2.24) is 14.5 Å². The number of carbonyl (C=O) groups excluding carboxylic acids is 1. The van der Waals surface area contributed by atoms with Crippen LogP contribution in [-0.2, 0) is 0 Å². The predicted molar refractivity (Wildman–Crippen MR) is 125 cm³/mol. The van der Waals surface area contributed by atoms with Crippen LogP contribution in [-0.4, -0.2) is 26.1 Å². The third-order valence-corrected chi connectivity index (χ3v) is 6.05. The van der Waals surface area contributed by atoms with Crippen LogP contribution in [0.3, 0.4) is 0 Å². The van der Waals surface area contributed by atoms with Gasteiger partial charge in [-0.2, -0.15) is 0 Å². The van der Waals surface area contributed by atoms with Crippen LogP contribution in [0.5, 0.6) is 0 Å². The Balaban J connectivity index is 1.70. The van der Waals surface area contributed by atoms with Gasteiger partial charge in [-0.25, -0.2) is 14.5 Å². The molecule has 2 heterocycles. The third kappa shape index (κ3) is 4.44. The second-order valence-corrected chi connectivity index (χ2v) is 8.67. The number of benzene rings is 2. The van der Waals surface area contributed by atoms with Crippen molar-refractivity contribution in [2.75, 3.05) is 5.75 Å². The van der Waals surface area contributed by atoms with Crippen LogP contribution in [0.15, 0.2) is 76.8 Å². The highest BCUT2D eigenvalue weighted by Crippen LogP contribution is 2.22. The minimum atomic E-state index is -0.195. The molecule has 2 aromatic carbocycles. The summed E-state index contributed by atoms with van der Waals surface area (Å²) in [6, 6.07) is 18.6. The molecule has 0 aliphatic carbocycles. The Hall–Kier alpha value is -3.25. The average Bonchev–Trinajstić information content (AvgIpc) is 2.77. The SMILES string of the molecule is Cc1ccnc(-n2c(SCC(=O)c3ccc(C(C)C)cc3)nc3ccccc3c2=O)c1. The maximum absolute atomic E-state index is 13.3. The first-order chi connectivity index (χ1) is 14.9. The zero-order valence-electron chi connectivity index (χ0n) is 17.7. The lowest BCUT2D eigenvalue weighted by atomic mass is 10.0. The van der Waals surface area contributed by atoms with Crippen molar-refractivity contribution in [3.8, 4) is 5.82 Å². The number of ketones is 1. The number of carbonyl (C=O) groups is 1. The van der Waals surface area contributed by atoms with Crippen LogP contribution in [0.4, 0.5) is 0 Å². The van der Waals surface area contributed by atoms with Gasteiger partial charge in [-0.3, -0.25) is 9.59 Å². The summed E-state index contributed by atoms with van der Waals surface area (Å²) in [6.07, 6.45) is 1.67. The highest BCUT2D eigenvalue weighted by Gasteiger charge is 2.16. The van der Waals surface area contributed by atoms with Crippen molar-refractivity contribution in [2.45, 2.75) is 31.8 Å². The third-order valence-electron chi connectivity index (χ3n) is 5.11. The summed E-state index contributed by atoms with van der Waals surface area (Å²) in [5.41, 5.74) is 3.25. The van der Waals surface area contributed by atoms with E-state index in [9.17, 15) is 9.59 Å². The molecule has 0 unspecified atom stereocenters. The first-order valence-electron chi connectivity index (χ1n) is 10.1. The molecule has 0 bridgehead atoms. The van der Waals surface area contributed by atoms with Crippen LogP contribution >= 0.6 is 11.8 Å². The quantitative estimate of drug-likeness (QED) is 0.240. The van der Waals surface area contributed by atoms with Gasteiger partial charge in [-0.05, 0) is 48.2 Å². The van der Waals surface area contributed by atoms with E-state index in [1.165, 1.54) is 21.9 Å². The van der Waals surface area contributed by atoms with Crippen LogP contribution in [0.25, 0.3) is 16.7 Å². The molecule has 6 heteroatoms. The number of fused-ring (bicyclic) bond motifs is 1. The Morgan fingerprint density at radius 1 is 1.06 bits per heavy atom. The van der Waals surface area contributed by atoms with Gasteiger partial charge in [0, 0.05) is 11.8 Å². The van der Waals surface area contributed by atoms with Crippen LogP contribution < -0.4 is 5.56 Å². The second kappa shape index (κ2) is 8.86. The van der Waals surface area contributed by atoms with Gasteiger partial charge in [-0.1, -0.05) is 62.0 Å². The van der Waals surface area contributed by atoms with E-state index in [4.69, 9.17) is 0 Å². The van der Waals surface area contributed by atoms with Crippen LogP contribution in [0.1, 0.15) is 41.3 Å². The molecular formula is C25H23N3O2S. The van der Waals surface area contributed by atoms with Gasteiger partial charge in [0.2, 0.25) is 0 Å². The molecule has 2 aromatic heterocycles. The molecule has 0 saturated heterocycles. The normalized spacial score (nSPS) is 11.2. The van der Waals surface area contributed by atoms with Crippen molar-refractivity contribution in [3.63, 3.8) is 0 Å². The average molecular weight is 430 g/mol. The standard InChI is InChI=1S/C25H23N3O2S/c1-16(2)18-8-10-19(11-9-18)22(29)15-31-25-27-21-7-5-4-6-20(21)24(30)28(25)23-14-17(3)12-13-26-23/h4-14,16H,15H2,1-3H3. The zero-order chi connectivity index (χ0) is 22.0. The summed E-state index contributed by atoms with van der Waals surface area (Å²) >= 11 is 1.25. The molecule has 156 valence electrons. The first-order valence-corrected chi connectivity index (χ1v) is 11.1. The number of hydrogen-bond donors (Lipinski definition) is 0. The van der Waals surface area contributed by atoms with Crippen LogP contribution in [0.2, 0.25) is 0 Å². The lowest BCUT2D eigenvalue weighted by Crippen LogP contribution is -2.23. The summed E-state index contributed by atoms with van der Waals surface area (Å²) in [4.78, 5) is 35.1. The molecule has 0 N–H and O–H groups in total. The summed E-state index contributed by atoms with van der Waals surface area (Å²) < 4.78 is 1.50. The topological polar surface area (TPSA) is 64.8 Å². The number of pyridine rings is 1. The van der Waals surface area contributed by atoms with E-state index in [1.54, 1.807) is 18.3 Å². The molecule has 0 aliphatic rings. The van der Waals surface area contributed by atoms with Gasteiger partial charge in [0.15, 0.2) is 10.9 Å². The maximum Gasteiger partial charge on any atom is 0.267 e. The number of hydrogen-bond acceptors (Lipinski definition) is 5. The number of Topliss-reactive ketones (excluding diaryl/α,β-unsaturated/α-hetero) is 1. The van der Waals surface area contributed by atoms with Gasteiger partial charge in [-0.15, -0.1) is 0 Å². The van der Waals surface area contributed by atoms with E-state index in [-0.39, 0.29) is 17.1 Å². The van der Waals surface area contributed by atoms with Gasteiger partial charge in [0.1, 0.15) is 5.82 Å². The van der Waals surface area contributed by atoms with Crippen molar-refractivity contribution in [1.29, 1.82) is 0 Å². The fourth-order valence-corrected chi connectivity index (χ4v) is 4.22. The van der Waals surface area contributed by atoms with E-state index in [2.05, 4.69) is 23.8 Å². The fourth-order valence-electron chi connectivity index (χ4n) is 3.32. The Morgan fingerprint density at radius 3 is 2.52 bits per heavy atom. The van der Waals surface area contributed by atoms with Gasteiger partial charge >= 0.3 is 0 Å². The molecule has 0 radical (unpaired) electrons. The number of aromatic nitrogens is 3. The molecule has 31 heavy (non-hydrogen) atoms. The molecule has 0 amide bonds. The number of rotatable bonds is 6. The predicted octanol–water partition coefficient (Wildman–Crippen LogP) is 5.19. The molecule has 0 spiro atoms. The summed E-state index contributed by atoms with van der Waals surface area (Å²) in [5.74, 6) is 1.08. The van der Waals surface area contributed by atoms with E-state index in [1.807, 2.05) is 55.5 Å². The second-order valence-electron chi connectivity index (χ2n) is 7.73. The van der Waals surface area contributed by atoms with E-state index in [0.717, 1.165) is 5.56 Å². The molecule has 0 fully saturated rings. The largest absolute Gasteiger partial charge is 0.293 e. The van der Waals surface area contributed by atoms with E-state index >= 15 is 0 Å². The minimum absolute atomic E-state index is 0.00790. The Morgan fingerprint density at radius 2 is 1.81 bits per heavy atom. The van der Waals surface area contributed by atoms with Gasteiger partial charge in [0.25, 0.3) is 5.56 Å². The molecule has 0 saturated carbocycles. The molecule has 0 atom stereocenters. The van der Waals surface area contributed by atoms with Crippen molar-refractivity contribution in [3.05, 3.63) is 93.9 Å². The summed E-state index contributed by atoms with van der Waals surface area (Å²) in [5, 5.41) is 0.972. The fraction of sp³-hybridized carbons (Fsp3) is 0.200. The Labute approximate surface area is 185 Å². The highest BCUT2D eigenvalue weighted by atomic mass is 32.2. The lowest BCUT2D eigenvalue weighted by Gasteiger charge is -2.13. The lowest BCUT2D eigenvalue weighted by molar-refractivity contribution is 0.102. The first kappa shape index (κ1) is 21.0. The maximum atomic E-state index is 13.3. The number of aryl methyl sites for hydroxylation is 1. The Bertz CT molecular complexity index is 1310. The van der Waals surface area contributed by atoms with Crippen molar-refractivity contribution < 1.29 is 4.79 Å². The highest BCUT2D eigenvalue weighted by molar-refractivity contribution is 7.99. The summed E-state index contributed by atoms with van der Waals surface area (Å²) in [7, 11) is 0. The van der Waals surface area contributed by atoms with E-state index < -0.39 is 0 Å². The molecule has 5 nitrogen and oxygen atoms in total. The van der Waals surface area contributed by atoms with Crippen molar-refractivity contribution in [2.24, 2.45) is 0 Å². The molecule has 4 aromatic rings. The van der Waals surface area contributed by atoms with Gasteiger partial charge in [0.05, 0.1) is 16.7 Å². The van der Waals surface area contributed by atoms with Gasteiger partial charge < -0.3 is 0 Å². The van der Waals surface area contributed by atoms with Crippen molar-refractivity contribution >= 4 is 28.4 Å². The number of para-hydroxylation sites is 1. The monoisotopic (exact) mass is 429 g/mol. The van der Waals surface area contributed by atoms with Crippen LogP contribution in [0, 0.1) is 6.92 Å². The molecule has 4 rings (SSSR count). The molecule has 0 aliphatic heterocycles. The molecular weight excluding hydrogens is 406 g/mol. The summed E-state index contributed by atoms with van der Waals surface area (Å²) in [6.45, 7) is 6.19. The number of nitrogens with zero attached hydrogens (tertiary/aromatic N) is 3. The Kier molecular flexibility index (Phi) is 6.00. The minimum Gasteiger partial charge on any atom is -0.293 e.